The van der Waals surface area contributed by atoms with Gasteiger partial charge >= 0.3 is 0 Å². The molecular weight excluding hydrogens is 208 g/mol. The van der Waals surface area contributed by atoms with E-state index in [0.29, 0.717) is 17.4 Å². The minimum Gasteiger partial charge on any atom is -0.382 e. The zero-order valence-corrected chi connectivity index (χ0v) is 9.55. The molecule has 2 rings (SSSR count). The van der Waals surface area contributed by atoms with E-state index in [0.717, 1.165) is 18.0 Å². The molecule has 1 unspecified atom stereocenters. The van der Waals surface area contributed by atoms with Crippen molar-refractivity contribution in [1.29, 1.82) is 5.26 Å². The van der Waals surface area contributed by atoms with Crippen LogP contribution in [0.15, 0.2) is 0 Å². The zero-order valence-electron chi connectivity index (χ0n) is 8.73. The summed E-state index contributed by atoms with van der Waals surface area (Å²) in [6.45, 7) is 3.20. The predicted molar refractivity (Wildman–Crippen MR) is 61.9 cm³/mol. The Hall–Kier alpha value is -1.28. The Morgan fingerprint density at radius 3 is 3.20 bits per heavy atom. The highest BCUT2D eigenvalue weighted by Gasteiger charge is 2.27. The molecule has 15 heavy (non-hydrogen) atoms. The molecule has 0 radical (unpaired) electrons. The van der Waals surface area contributed by atoms with Gasteiger partial charge in [0.15, 0.2) is 5.82 Å². The SMILES string of the molecule is CCC1CCCN1c1snc(N)c1C#N. The van der Waals surface area contributed by atoms with Crippen LogP contribution in [0.3, 0.4) is 0 Å². The number of rotatable bonds is 2. The number of nitriles is 1. The summed E-state index contributed by atoms with van der Waals surface area (Å²) >= 11 is 1.35. The third kappa shape index (κ3) is 1.65. The molecule has 1 aromatic heterocycles. The maximum Gasteiger partial charge on any atom is 0.157 e. The standard InChI is InChI=1S/C10H14N4S/c1-2-7-4-3-5-14(7)10-8(6-11)9(12)13-15-10/h7H,2-5H2,1H3,(H2,12,13). The van der Waals surface area contributed by atoms with Crippen molar-refractivity contribution in [2.24, 2.45) is 0 Å². The first-order valence-corrected chi connectivity index (χ1v) is 5.97. The van der Waals surface area contributed by atoms with E-state index in [1.54, 1.807) is 0 Å². The van der Waals surface area contributed by atoms with Gasteiger partial charge in [0, 0.05) is 12.6 Å². The van der Waals surface area contributed by atoms with Crippen LogP contribution in [0.5, 0.6) is 0 Å². The maximum atomic E-state index is 9.02. The first-order chi connectivity index (χ1) is 7.27. The molecule has 0 aliphatic carbocycles. The van der Waals surface area contributed by atoms with Gasteiger partial charge in [-0.3, -0.25) is 0 Å². The van der Waals surface area contributed by atoms with Gasteiger partial charge in [0.2, 0.25) is 0 Å². The van der Waals surface area contributed by atoms with Gasteiger partial charge in [0.1, 0.15) is 16.6 Å². The number of hydrogen-bond acceptors (Lipinski definition) is 5. The summed E-state index contributed by atoms with van der Waals surface area (Å²) in [5.41, 5.74) is 6.21. The number of anilines is 2. The van der Waals surface area contributed by atoms with E-state index in [4.69, 9.17) is 11.0 Å². The van der Waals surface area contributed by atoms with Gasteiger partial charge in [-0.25, -0.2) is 0 Å². The second kappa shape index (κ2) is 4.07. The molecule has 5 heteroatoms. The van der Waals surface area contributed by atoms with Crippen molar-refractivity contribution in [3.63, 3.8) is 0 Å². The van der Waals surface area contributed by atoms with Crippen LogP contribution >= 0.6 is 11.5 Å². The van der Waals surface area contributed by atoms with Gasteiger partial charge in [0.05, 0.1) is 0 Å². The van der Waals surface area contributed by atoms with E-state index in [9.17, 15) is 0 Å². The van der Waals surface area contributed by atoms with Crippen LogP contribution in [0.1, 0.15) is 31.7 Å². The molecule has 0 aromatic carbocycles. The number of nitrogen functional groups attached to an aromatic ring is 1. The summed E-state index contributed by atoms with van der Waals surface area (Å²) in [5.74, 6) is 0.374. The van der Waals surface area contributed by atoms with Gasteiger partial charge in [-0.15, -0.1) is 0 Å². The van der Waals surface area contributed by atoms with E-state index < -0.39 is 0 Å². The van der Waals surface area contributed by atoms with E-state index >= 15 is 0 Å². The maximum absolute atomic E-state index is 9.02. The summed E-state index contributed by atoms with van der Waals surface area (Å²) < 4.78 is 4.06. The lowest BCUT2D eigenvalue weighted by Crippen LogP contribution is -2.28. The smallest absolute Gasteiger partial charge is 0.157 e. The summed E-state index contributed by atoms with van der Waals surface area (Å²) in [4.78, 5) is 2.28. The second-order valence-electron chi connectivity index (χ2n) is 3.76. The zero-order chi connectivity index (χ0) is 10.8. The molecule has 1 fully saturated rings. The fourth-order valence-electron chi connectivity index (χ4n) is 2.12. The summed E-state index contributed by atoms with van der Waals surface area (Å²) in [6.07, 6.45) is 3.52. The molecule has 0 spiro atoms. The van der Waals surface area contributed by atoms with E-state index in [1.165, 1.54) is 24.4 Å². The highest BCUT2D eigenvalue weighted by molar-refractivity contribution is 7.10. The first-order valence-electron chi connectivity index (χ1n) is 5.19. The fourth-order valence-corrected chi connectivity index (χ4v) is 2.98. The molecule has 1 aliphatic heterocycles. The van der Waals surface area contributed by atoms with E-state index in [1.807, 2.05) is 0 Å². The fraction of sp³-hybridized carbons (Fsp3) is 0.600. The van der Waals surface area contributed by atoms with Crippen molar-refractivity contribution in [2.45, 2.75) is 32.2 Å². The molecule has 1 aliphatic rings. The van der Waals surface area contributed by atoms with Gasteiger partial charge < -0.3 is 10.6 Å². The minimum absolute atomic E-state index is 0.374. The van der Waals surface area contributed by atoms with Crippen molar-refractivity contribution < 1.29 is 0 Å². The van der Waals surface area contributed by atoms with Crippen LogP contribution in [0.2, 0.25) is 0 Å². The lowest BCUT2D eigenvalue weighted by atomic mass is 10.2. The van der Waals surface area contributed by atoms with Gasteiger partial charge in [-0.2, -0.15) is 9.64 Å². The third-order valence-electron chi connectivity index (χ3n) is 2.92. The number of aromatic nitrogens is 1. The van der Waals surface area contributed by atoms with Crippen molar-refractivity contribution in [1.82, 2.24) is 4.37 Å². The summed E-state index contributed by atoms with van der Waals surface area (Å²) in [6, 6.07) is 2.70. The first kappa shape index (κ1) is 10.2. The molecule has 2 N–H and O–H groups in total. The number of nitrogens with zero attached hydrogens (tertiary/aromatic N) is 3. The molecule has 1 aromatic rings. The van der Waals surface area contributed by atoms with Crippen LogP contribution in [0, 0.1) is 11.3 Å². The van der Waals surface area contributed by atoms with Crippen LogP contribution in [0.4, 0.5) is 10.8 Å². The molecule has 4 nitrogen and oxygen atoms in total. The number of nitrogens with two attached hydrogens (primary N) is 1. The van der Waals surface area contributed by atoms with Gasteiger partial charge in [-0.1, -0.05) is 6.92 Å². The molecule has 80 valence electrons. The minimum atomic E-state index is 0.374. The summed E-state index contributed by atoms with van der Waals surface area (Å²) in [7, 11) is 0. The van der Waals surface area contributed by atoms with Gasteiger partial charge in [0.25, 0.3) is 0 Å². The van der Waals surface area contributed by atoms with Crippen LogP contribution < -0.4 is 10.6 Å². The lowest BCUT2D eigenvalue weighted by Gasteiger charge is -2.23. The topological polar surface area (TPSA) is 65.9 Å². The molecule has 0 amide bonds. The van der Waals surface area contributed by atoms with Crippen molar-refractivity contribution in [2.75, 3.05) is 17.2 Å². The molecule has 1 saturated heterocycles. The Morgan fingerprint density at radius 1 is 1.73 bits per heavy atom. The monoisotopic (exact) mass is 222 g/mol. The molecule has 2 heterocycles. The quantitative estimate of drug-likeness (QED) is 0.830. The van der Waals surface area contributed by atoms with Crippen LogP contribution in [-0.4, -0.2) is 17.0 Å². The third-order valence-corrected chi connectivity index (χ3v) is 3.82. The Morgan fingerprint density at radius 2 is 2.53 bits per heavy atom. The highest BCUT2D eigenvalue weighted by atomic mass is 32.1. The molecule has 1 atom stereocenters. The van der Waals surface area contributed by atoms with Crippen LogP contribution in [0.25, 0.3) is 0 Å². The van der Waals surface area contributed by atoms with Crippen molar-refractivity contribution in [3.8, 4) is 6.07 Å². The normalized spacial score (nSPS) is 20.5. The van der Waals surface area contributed by atoms with Crippen molar-refractivity contribution >= 4 is 22.4 Å². The van der Waals surface area contributed by atoms with Crippen LogP contribution in [-0.2, 0) is 0 Å². The van der Waals surface area contributed by atoms with Crippen molar-refractivity contribution in [3.05, 3.63) is 5.56 Å². The average molecular weight is 222 g/mol. The van der Waals surface area contributed by atoms with E-state index in [-0.39, 0.29) is 0 Å². The van der Waals surface area contributed by atoms with Gasteiger partial charge in [-0.05, 0) is 30.8 Å². The highest BCUT2D eigenvalue weighted by Crippen LogP contribution is 2.35. The Labute approximate surface area is 93.5 Å². The van der Waals surface area contributed by atoms with E-state index in [2.05, 4.69) is 22.3 Å². The molecule has 0 bridgehead atoms. The number of hydrogen-bond donors (Lipinski definition) is 1. The predicted octanol–water partition coefficient (Wildman–Crippen LogP) is 1.98. The largest absolute Gasteiger partial charge is 0.382 e. The Balaban J connectivity index is 2.33. The average Bonchev–Trinajstić information content (AvgIpc) is 2.82. The second-order valence-corrected chi connectivity index (χ2v) is 4.51. The molecule has 0 saturated carbocycles. The lowest BCUT2D eigenvalue weighted by molar-refractivity contribution is 0.648. The molecular formula is C10H14N4S. The Kier molecular flexibility index (Phi) is 2.78. The summed E-state index contributed by atoms with van der Waals surface area (Å²) in [5, 5.41) is 9.98. The Bertz CT molecular complexity index is 393.